The summed E-state index contributed by atoms with van der Waals surface area (Å²) in [7, 11) is -3.24. The molecule has 0 saturated carbocycles. The molecule has 2 aromatic carbocycles. The van der Waals surface area contributed by atoms with E-state index in [4.69, 9.17) is 4.74 Å². The third kappa shape index (κ3) is 2.92. The normalized spacial score (nSPS) is 15.0. The fraction of sp³-hybridized carbons (Fsp3) is 0.167. The Labute approximate surface area is 135 Å². The second-order valence-electron chi connectivity index (χ2n) is 5.54. The van der Waals surface area contributed by atoms with Crippen molar-refractivity contribution in [2.24, 2.45) is 0 Å². The minimum atomic E-state index is -3.24. The average Bonchev–Trinajstić information content (AvgIpc) is 2.89. The molecule has 1 aliphatic heterocycles. The molecule has 0 radical (unpaired) electrons. The van der Waals surface area contributed by atoms with Crippen molar-refractivity contribution >= 4 is 27.0 Å². The molecule has 0 amide bonds. The lowest BCUT2D eigenvalue weighted by Crippen LogP contribution is -2.00. The number of benzene rings is 2. The Morgan fingerprint density at radius 1 is 1.00 bits per heavy atom. The monoisotopic (exact) mass is 328 g/mol. The van der Waals surface area contributed by atoms with Crippen LogP contribution < -0.4 is 0 Å². The van der Waals surface area contributed by atoms with Gasteiger partial charge >= 0.3 is 5.97 Å². The van der Waals surface area contributed by atoms with Gasteiger partial charge in [-0.15, -0.1) is 0 Å². The third-order valence-electron chi connectivity index (χ3n) is 3.90. The van der Waals surface area contributed by atoms with Crippen LogP contribution in [-0.4, -0.2) is 27.2 Å². The summed E-state index contributed by atoms with van der Waals surface area (Å²) < 4.78 is 28.3. The van der Waals surface area contributed by atoms with E-state index in [1.165, 1.54) is 6.26 Å². The molecule has 1 heterocycles. The van der Waals surface area contributed by atoms with Gasteiger partial charge in [-0.2, -0.15) is 0 Å². The molecule has 0 fully saturated rings. The van der Waals surface area contributed by atoms with Gasteiger partial charge in [0, 0.05) is 11.8 Å². The topological polar surface area (TPSA) is 60.4 Å². The maximum Gasteiger partial charge on any atom is 0.339 e. The van der Waals surface area contributed by atoms with Crippen LogP contribution in [-0.2, 0) is 19.4 Å². The quantitative estimate of drug-likeness (QED) is 0.813. The Kier molecular flexibility index (Phi) is 3.82. The molecule has 0 spiro atoms. The molecule has 5 heteroatoms. The SMILES string of the molecule is Cc1ccccc1C1=C(c2ccc(S(C)(=O)=O)cc2)COC1=O. The summed E-state index contributed by atoms with van der Waals surface area (Å²) in [5.41, 5.74) is 3.96. The highest BCUT2D eigenvalue weighted by molar-refractivity contribution is 7.90. The van der Waals surface area contributed by atoms with E-state index in [9.17, 15) is 13.2 Å². The first-order valence-electron chi connectivity index (χ1n) is 7.14. The summed E-state index contributed by atoms with van der Waals surface area (Å²) in [6.45, 7) is 2.14. The Bertz CT molecular complexity index is 906. The Morgan fingerprint density at radius 3 is 2.26 bits per heavy atom. The van der Waals surface area contributed by atoms with Gasteiger partial charge in [0.05, 0.1) is 10.5 Å². The maximum absolute atomic E-state index is 12.2. The number of carbonyl (C=O) groups is 1. The van der Waals surface area contributed by atoms with Crippen molar-refractivity contribution in [2.75, 3.05) is 12.9 Å². The summed E-state index contributed by atoms with van der Waals surface area (Å²) in [6.07, 6.45) is 1.17. The van der Waals surface area contributed by atoms with Gasteiger partial charge in [0.25, 0.3) is 0 Å². The van der Waals surface area contributed by atoms with E-state index < -0.39 is 9.84 Å². The first-order valence-corrected chi connectivity index (χ1v) is 9.04. The van der Waals surface area contributed by atoms with E-state index in [1.54, 1.807) is 24.3 Å². The smallest absolute Gasteiger partial charge is 0.339 e. The summed E-state index contributed by atoms with van der Waals surface area (Å²) in [6, 6.07) is 14.2. The van der Waals surface area contributed by atoms with E-state index in [0.717, 1.165) is 22.3 Å². The largest absolute Gasteiger partial charge is 0.457 e. The summed E-state index contributed by atoms with van der Waals surface area (Å²) in [5, 5.41) is 0. The van der Waals surface area contributed by atoms with Gasteiger partial charge in [-0.25, -0.2) is 13.2 Å². The van der Waals surface area contributed by atoms with Gasteiger partial charge in [-0.1, -0.05) is 36.4 Å². The van der Waals surface area contributed by atoms with Crippen molar-refractivity contribution in [3.8, 4) is 0 Å². The van der Waals surface area contributed by atoms with Crippen LogP contribution in [0, 0.1) is 6.92 Å². The summed E-state index contributed by atoms with van der Waals surface area (Å²) >= 11 is 0. The number of sulfone groups is 1. The van der Waals surface area contributed by atoms with E-state index in [-0.39, 0.29) is 17.5 Å². The van der Waals surface area contributed by atoms with Gasteiger partial charge in [0.15, 0.2) is 9.84 Å². The summed E-state index contributed by atoms with van der Waals surface area (Å²) in [5.74, 6) is -0.346. The predicted molar refractivity (Wildman–Crippen MR) is 88.5 cm³/mol. The highest BCUT2D eigenvalue weighted by Gasteiger charge is 2.28. The van der Waals surface area contributed by atoms with E-state index in [0.29, 0.717) is 5.57 Å². The lowest BCUT2D eigenvalue weighted by atomic mass is 9.94. The number of hydrogen-bond donors (Lipinski definition) is 0. The minimum Gasteiger partial charge on any atom is -0.457 e. The molecule has 3 rings (SSSR count). The fourth-order valence-electron chi connectivity index (χ4n) is 2.66. The molecule has 0 bridgehead atoms. The zero-order chi connectivity index (χ0) is 16.6. The number of aryl methyl sites for hydroxylation is 1. The Balaban J connectivity index is 2.13. The molecule has 0 atom stereocenters. The van der Waals surface area contributed by atoms with Crippen LogP contribution in [0.1, 0.15) is 16.7 Å². The molecule has 0 aliphatic carbocycles. The van der Waals surface area contributed by atoms with Crippen LogP contribution in [0.2, 0.25) is 0 Å². The van der Waals surface area contributed by atoms with Crippen LogP contribution in [0.4, 0.5) is 0 Å². The van der Waals surface area contributed by atoms with Crippen molar-refractivity contribution in [1.82, 2.24) is 0 Å². The molecular formula is C18H16O4S. The average molecular weight is 328 g/mol. The summed E-state index contributed by atoms with van der Waals surface area (Å²) in [4.78, 5) is 12.4. The first kappa shape index (κ1) is 15.5. The molecule has 0 aromatic heterocycles. The van der Waals surface area contributed by atoms with Crippen molar-refractivity contribution in [3.05, 3.63) is 65.2 Å². The van der Waals surface area contributed by atoms with Crippen LogP contribution in [0.25, 0.3) is 11.1 Å². The standard InChI is InChI=1S/C18H16O4S/c1-12-5-3-4-6-15(12)17-16(11-22-18(17)19)13-7-9-14(10-8-13)23(2,20)21/h3-10H,11H2,1-2H3. The van der Waals surface area contributed by atoms with Crippen molar-refractivity contribution in [3.63, 3.8) is 0 Å². The predicted octanol–water partition coefficient (Wildman–Crippen LogP) is 2.87. The zero-order valence-corrected chi connectivity index (χ0v) is 13.7. The molecule has 4 nitrogen and oxygen atoms in total. The van der Waals surface area contributed by atoms with Gasteiger partial charge in [-0.3, -0.25) is 0 Å². The Morgan fingerprint density at radius 2 is 1.65 bits per heavy atom. The number of hydrogen-bond acceptors (Lipinski definition) is 4. The number of carbonyl (C=O) groups excluding carboxylic acids is 1. The fourth-order valence-corrected chi connectivity index (χ4v) is 3.29. The lowest BCUT2D eigenvalue weighted by Gasteiger charge is -2.08. The zero-order valence-electron chi connectivity index (χ0n) is 12.9. The van der Waals surface area contributed by atoms with Gasteiger partial charge < -0.3 is 4.74 Å². The van der Waals surface area contributed by atoms with Crippen LogP contribution in [0.15, 0.2) is 53.4 Å². The number of rotatable bonds is 3. The molecule has 23 heavy (non-hydrogen) atoms. The van der Waals surface area contributed by atoms with Crippen molar-refractivity contribution in [1.29, 1.82) is 0 Å². The first-order chi connectivity index (χ1) is 10.9. The highest BCUT2D eigenvalue weighted by Crippen LogP contribution is 2.34. The van der Waals surface area contributed by atoms with Crippen molar-refractivity contribution < 1.29 is 17.9 Å². The number of esters is 1. The van der Waals surface area contributed by atoms with E-state index in [2.05, 4.69) is 0 Å². The van der Waals surface area contributed by atoms with E-state index >= 15 is 0 Å². The molecule has 0 N–H and O–H groups in total. The van der Waals surface area contributed by atoms with Gasteiger partial charge in [-0.05, 0) is 35.7 Å². The Hall–Kier alpha value is -2.40. The van der Waals surface area contributed by atoms with E-state index in [1.807, 2.05) is 31.2 Å². The molecule has 2 aromatic rings. The molecule has 118 valence electrons. The third-order valence-corrected chi connectivity index (χ3v) is 5.03. The number of cyclic esters (lactones) is 1. The molecule has 0 saturated heterocycles. The molecule has 1 aliphatic rings. The van der Waals surface area contributed by atoms with Crippen LogP contribution >= 0.6 is 0 Å². The molecular weight excluding hydrogens is 312 g/mol. The van der Waals surface area contributed by atoms with Gasteiger partial charge in [0.1, 0.15) is 6.61 Å². The number of ether oxygens (including phenoxy) is 1. The molecule has 0 unspecified atom stereocenters. The van der Waals surface area contributed by atoms with Crippen molar-refractivity contribution in [2.45, 2.75) is 11.8 Å². The maximum atomic E-state index is 12.2. The van der Waals surface area contributed by atoms with Gasteiger partial charge in [0.2, 0.25) is 0 Å². The van der Waals surface area contributed by atoms with Crippen LogP contribution in [0.3, 0.4) is 0 Å². The second kappa shape index (κ2) is 5.66. The lowest BCUT2D eigenvalue weighted by molar-refractivity contribution is -0.133. The minimum absolute atomic E-state index is 0.195. The van der Waals surface area contributed by atoms with Crippen LogP contribution in [0.5, 0.6) is 0 Å². The highest BCUT2D eigenvalue weighted by atomic mass is 32.2. The second-order valence-corrected chi connectivity index (χ2v) is 7.56.